The van der Waals surface area contributed by atoms with Crippen molar-refractivity contribution in [3.05, 3.63) is 33.5 Å². The number of nitrogens with one attached hydrogen (secondary N) is 2. The van der Waals surface area contributed by atoms with Gasteiger partial charge in [-0.3, -0.25) is 0 Å². The summed E-state index contributed by atoms with van der Waals surface area (Å²) in [6, 6.07) is 7.81. The van der Waals surface area contributed by atoms with E-state index in [-0.39, 0.29) is 0 Å². The van der Waals surface area contributed by atoms with Crippen molar-refractivity contribution in [2.75, 3.05) is 0 Å². The number of benzene rings is 1. The highest BCUT2D eigenvalue weighted by Crippen LogP contribution is 2.07. The van der Waals surface area contributed by atoms with Gasteiger partial charge in [0.25, 0.3) is 0 Å². The van der Waals surface area contributed by atoms with Crippen LogP contribution in [0.2, 0.25) is 0 Å². The Morgan fingerprint density at radius 1 is 0.833 bits per heavy atom. The van der Waals surface area contributed by atoms with E-state index in [9.17, 15) is 0 Å². The molecule has 1 aromatic heterocycles. The molecule has 0 amide bonds. The maximum Gasteiger partial charge on any atom is 0.138 e. The third-order valence-corrected chi connectivity index (χ3v) is 2.37. The lowest BCUT2D eigenvalue weighted by atomic mass is 10.3. The van der Waals surface area contributed by atoms with Crippen molar-refractivity contribution < 1.29 is 0 Å². The average molecular weight is 194 g/mol. The van der Waals surface area contributed by atoms with Gasteiger partial charge < -0.3 is 9.97 Å². The third kappa shape index (κ3) is 1.19. The molecule has 0 radical (unpaired) electrons. The van der Waals surface area contributed by atoms with E-state index < -0.39 is 0 Å². The maximum absolute atomic E-state index is 4.99. The Morgan fingerprint density at radius 2 is 1.25 bits per heavy atom. The number of para-hydroxylation sites is 2. The highest BCUT2D eigenvalue weighted by molar-refractivity contribution is 7.73. The molecule has 2 N–H and O–H groups in total. The van der Waals surface area contributed by atoms with Crippen LogP contribution in [0.5, 0.6) is 0 Å². The fraction of sp³-hybridized carbons (Fsp3) is 0. The fourth-order valence-corrected chi connectivity index (χ4v) is 1.38. The zero-order valence-electron chi connectivity index (χ0n) is 6.13. The Hall–Kier alpha value is -1.00. The topological polar surface area (TPSA) is 31.6 Å². The van der Waals surface area contributed by atoms with Gasteiger partial charge in [-0.25, -0.2) is 0 Å². The maximum atomic E-state index is 4.99. The second-order valence-corrected chi connectivity index (χ2v) is 3.27. The van der Waals surface area contributed by atoms with Crippen LogP contribution in [0, 0.1) is 9.28 Å². The second kappa shape index (κ2) is 2.80. The van der Waals surface area contributed by atoms with E-state index in [1.807, 2.05) is 24.3 Å². The largest absolute Gasteiger partial charge is 0.342 e. The van der Waals surface area contributed by atoms with Gasteiger partial charge in [0.05, 0.1) is 11.0 Å². The predicted molar refractivity (Wildman–Crippen MR) is 54.3 cm³/mol. The molecule has 0 bridgehead atoms. The van der Waals surface area contributed by atoms with Crippen LogP contribution in [0.15, 0.2) is 24.3 Å². The smallest absolute Gasteiger partial charge is 0.138 e. The zero-order valence-corrected chi connectivity index (χ0v) is 7.76. The molecule has 0 aliphatic carbocycles. The Bertz CT molecular complexity index is 476. The number of rotatable bonds is 0. The van der Waals surface area contributed by atoms with Gasteiger partial charge in [-0.1, -0.05) is 36.6 Å². The molecule has 2 aromatic rings. The predicted octanol–water partition coefficient (Wildman–Crippen LogP) is 2.95. The number of aromatic amines is 2. The first-order valence-electron chi connectivity index (χ1n) is 3.49. The van der Waals surface area contributed by atoms with E-state index in [1.54, 1.807) is 0 Å². The van der Waals surface area contributed by atoms with Crippen LogP contribution in [0.4, 0.5) is 0 Å². The summed E-state index contributed by atoms with van der Waals surface area (Å²) in [5.74, 6) is 0. The van der Waals surface area contributed by atoms with Crippen molar-refractivity contribution in [2.45, 2.75) is 0 Å². The van der Waals surface area contributed by atoms with Crippen molar-refractivity contribution in [1.82, 2.24) is 9.97 Å². The molecule has 0 spiro atoms. The van der Waals surface area contributed by atoms with Gasteiger partial charge in [0, 0.05) is 0 Å². The lowest BCUT2D eigenvalue weighted by Gasteiger charge is -1.96. The first-order chi connectivity index (χ1) is 5.77. The summed E-state index contributed by atoms with van der Waals surface area (Å²) < 4.78 is 1.17. The second-order valence-electron chi connectivity index (χ2n) is 2.45. The zero-order chi connectivity index (χ0) is 8.55. The van der Waals surface area contributed by atoms with E-state index in [4.69, 9.17) is 24.4 Å². The van der Waals surface area contributed by atoms with Crippen molar-refractivity contribution in [3.8, 4) is 0 Å². The summed E-state index contributed by atoms with van der Waals surface area (Å²) in [7, 11) is 0. The number of hydrogen-bond donors (Lipinski definition) is 2. The summed E-state index contributed by atoms with van der Waals surface area (Å²) in [4.78, 5) is 6.07. The molecule has 0 fully saturated rings. The average Bonchev–Trinajstić information content (AvgIpc) is 2.07. The minimum Gasteiger partial charge on any atom is -0.342 e. The molecule has 0 saturated carbocycles. The molecule has 0 aliphatic rings. The van der Waals surface area contributed by atoms with E-state index in [2.05, 4.69) is 9.97 Å². The standard InChI is InChI=1S/C8H6N2S2/c11-7-8(12)10-6-4-2-1-3-5(6)9-7/h1-4H,(H,9,11)(H,10,12). The molecule has 0 atom stereocenters. The molecule has 12 heavy (non-hydrogen) atoms. The summed E-state index contributed by atoms with van der Waals surface area (Å²) in [5.41, 5.74) is 1.97. The molecular weight excluding hydrogens is 188 g/mol. The Kier molecular flexibility index (Phi) is 1.78. The molecule has 60 valence electrons. The summed E-state index contributed by atoms with van der Waals surface area (Å²) >= 11 is 9.98. The normalized spacial score (nSPS) is 10.3. The van der Waals surface area contributed by atoms with Crippen molar-refractivity contribution in [3.63, 3.8) is 0 Å². The van der Waals surface area contributed by atoms with Gasteiger partial charge in [0.1, 0.15) is 9.28 Å². The number of hydrogen-bond acceptors (Lipinski definition) is 2. The molecule has 4 heteroatoms. The molecule has 1 aromatic carbocycles. The molecule has 2 nitrogen and oxygen atoms in total. The Morgan fingerprint density at radius 3 is 1.67 bits per heavy atom. The number of aromatic nitrogens is 2. The molecule has 0 unspecified atom stereocenters. The van der Waals surface area contributed by atoms with E-state index in [1.165, 1.54) is 0 Å². The van der Waals surface area contributed by atoms with Gasteiger partial charge >= 0.3 is 0 Å². The molecular formula is C8H6N2S2. The van der Waals surface area contributed by atoms with Gasteiger partial charge in [0.15, 0.2) is 0 Å². The minimum atomic E-state index is 0.587. The number of H-pyrrole nitrogens is 2. The van der Waals surface area contributed by atoms with Crippen LogP contribution in [-0.2, 0) is 0 Å². The monoisotopic (exact) mass is 194 g/mol. The lowest BCUT2D eigenvalue weighted by molar-refractivity contribution is 1.24. The Labute approximate surface area is 79.3 Å². The molecule has 2 rings (SSSR count). The first-order valence-corrected chi connectivity index (χ1v) is 4.30. The molecule has 0 aliphatic heterocycles. The van der Waals surface area contributed by atoms with Gasteiger partial charge in [-0.2, -0.15) is 0 Å². The van der Waals surface area contributed by atoms with Gasteiger partial charge in [-0.15, -0.1) is 0 Å². The highest BCUT2D eigenvalue weighted by Gasteiger charge is 1.91. The molecule has 0 saturated heterocycles. The van der Waals surface area contributed by atoms with Crippen LogP contribution in [0.25, 0.3) is 11.0 Å². The Balaban J connectivity index is 3.03. The quantitative estimate of drug-likeness (QED) is 0.632. The number of fused-ring (bicyclic) bond motifs is 1. The summed E-state index contributed by atoms with van der Waals surface area (Å²) in [6.45, 7) is 0. The van der Waals surface area contributed by atoms with E-state index in [0.717, 1.165) is 11.0 Å². The van der Waals surface area contributed by atoms with Crippen LogP contribution >= 0.6 is 24.4 Å². The van der Waals surface area contributed by atoms with Crippen LogP contribution in [0.3, 0.4) is 0 Å². The van der Waals surface area contributed by atoms with Crippen LogP contribution < -0.4 is 0 Å². The first kappa shape index (κ1) is 7.64. The minimum absolute atomic E-state index is 0.587. The van der Waals surface area contributed by atoms with Crippen molar-refractivity contribution in [1.29, 1.82) is 0 Å². The van der Waals surface area contributed by atoms with Crippen LogP contribution in [0.1, 0.15) is 0 Å². The SMILES string of the molecule is S=c1[nH]c2ccccc2[nH]c1=S. The van der Waals surface area contributed by atoms with Gasteiger partial charge in [-0.05, 0) is 12.1 Å². The summed E-state index contributed by atoms with van der Waals surface area (Å²) in [5, 5.41) is 0. The lowest BCUT2D eigenvalue weighted by Crippen LogP contribution is -1.84. The highest BCUT2D eigenvalue weighted by atomic mass is 32.1. The van der Waals surface area contributed by atoms with Crippen molar-refractivity contribution in [2.24, 2.45) is 0 Å². The van der Waals surface area contributed by atoms with E-state index in [0.29, 0.717) is 9.28 Å². The van der Waals surface area contributed by atoms with E-state index >= 15 is 0 Å². The fourth-order valence-electron chi connectivity index (χ4n) is 1.06. The third-order valence-electron chi connectivity index (χ3n) is 1.63. The molecule has 1 heterocycles. The van der Waals surface area contributed by atoms with Crippen LogP contribution in [-0.4, -0.2) is 9.97 Å². The summed E-state index contributed by atoms with van der Waals surface area (Å²) in [6.07, 6.45) is 0. The van der Waals surface area contributed by atoms with Gasteiger partial charge in [0.2, 0.25) is 0 Å². The van der Waals surface area contributed by atoms with Crippen molar-refractivity contribution >= 4 is 35.5 Å².